The summed E-state index contributed by atoms with van der Waals surface area (Å²) in [5, 5.41) is 3.20. The zero-order chi connectivity index (χ0) is 12.2. The van der Waals surface area contributed by atoms with Crippen molar-refractivity contribution in [1.82, 2.24) is 5.32 Å². The van der Waals surface area contributed by atoms with Gasteiger partial charge in [0.05, 0.1) is 11.4 Å². The normalized spacial score (nSPS) is 28.9. The van der Waals surface area contributed by atoms with Gasteiger partial charge in [-0.05, 0) is 39.7 Å². The molecule has 2 atom stereocenters. The third-order valence-corrected chi connectivity index (χ3v) is 4.34. The Morgan fingerprint density at radius 1 is 1.44 bits per heavy atom. The first-order valence-corrected chi connectivity index (χ1v) is 7.92. The van der Waals surface area contributed by atoms with Gasteiger partial charge in [0.25, 0.3) is 0 Å². The lowest BCUT2D eigenvalue weighted by Crippen LogP contribution is -2.51. The molecule has 1 aliphatic rings. The molecule has 1 N–H and O–H groups in total. The Kier molecular flexibility index (Phi) is 4.76. The third-order valence-electron chi connectivity index (χ3n) is 3.36. The first kappa shape index (κ1) is 13.9. The van der Waals surface area contributed by atoms with Crippen LogP contribution in [-0.4, -0.2) is 45.7 Å². The molecule has 1 heterocycles. The number of nitrogens with one attached hydrogen (secondary N) is 1. The average molecular weight is 249 g/mol. The molecule has 0 bridgehead atoms. The van der Waals surface area contributed by atoms with Crippen molar-refractivity contribution in [2.75, 3.05) is 25.7 Å². The molecular formula is C11H23NO3S. The highest BCUT2D eigenvalue weighted by molar-refractivity contribution is 7.90. The van der Waals surface area contributed by atoms with Crippen LogP contribution in [0.1, 0.15) is 32.6 Å². The van der Waals surface area contributed by atoms with Crippen molar-refractivity contribution in [3.05, 3.63) is 0 Å². The van der Waals surface area contributed by atoms with E-state index in [4.69, 9.17) is 4.74 Å². The number of likely N-dealkylation sites (N-methyl/N-ethyl adjacent to an activating group) is 1. The predicted molar refractivity (Wildman–Crippen MR) is 65.4 cm³/mol. The maximum Gasteiger partial charge on any atom is 0.147 e. The van der Waals surface area contributed by atoms with Crippen LogP contribution in [0.25, 0.3) is 0 Å². The largest absolute Gasteiger partial charge is 0.374 e. The molecule has 0 aromatic carbocycles. The van der Waals surface area contributed by atoms with Crippen LogP contribution in [-0.2, 0) is 14.6 Å². The molecule has 16 heavy (non-hydrogen) atoms. The van der Waals surface area contributed by atoms with Gasteiger partial charge in [-0.15, -0.1) is 0 Å². The quantitative estimate of drug-likeness (QED) is 0.789. The summed E-state index contributed by atoms with van der Waals surface area (Å²) in [6.45, 7) is 2.86. The molecule has 0 aliphatic carbocycles. The molecule has 2 unspecified atom stereocenters. The van der Waals surface area contributed by atoms with Gasteiger partial charge in [-0.3, -0.25) is 0 Å². The minimum Gasteiger partial charge on any atom is -0.374 e. The summed E-state index contributed by atoms with van der Waals surface area (Å²) in [5.41, 5.74) is -0.211. The van der Waals surface area contributed by atoms with Crippen LogP contribution in [0, 0.1) is 0 Å². The maximum atomic E-state index is 11.2. The Labute approximate surface area is 98.7 Å². The van der Waals surface area contributed by atoms with E-state index in [2.05, 4.69) is 12.2 Å². The summed E-state index contributed by atoms with van der Waals surface area (Å²) in [6, 6.07) is 0.113. The zero-order valence-corrected chi connectivity index (χ0v) is 11.3. The lowest BCUT2D eigenvalue weighted by molar-refractivity contribution is -0.0876. The van der Waals surface area contributed by atoms with Crippen LogP contribution in [0.2, 0.25) is 0 Å². The monoisotopic (exact) mass is 249 g/mol. The fraction of sp³-hybridized carbons (Fsp3) is 1.00. The van der Waals surface area contributed by atoms with Crippen LogP contribution in [0.3, 0.4) is 0 Å². The van der Waals surface area contributed by atoms with E-state index < -0.39 is 9.84 Å². The van der Waals surface area contributed by atoms with Gasteiger partial charge in [0, 0.05) is 18.9 Å². The summed E-state index contributed by atoms with van der Waals surface area (Å²) < 4.78 is 28.2. The predicted octanol–water partition coefficient (Wildman–Crippen LogP) is 0.968. The van der Waals surface area contributed by atoms with Gasteiger partial charge in [0.1, 0.15) is 9.84 Å². The molecular weight excluding hydrogens is 226 g/mol. The van der Waals surface area contributed by atoms with Gasteiger partial charge in [0.2, 0.25) is 0 Å². The standard InChI is InChI=1S/C11H23NO3S/c1-11(7-4-5-8-15-11)10(12-2)6-9-16(3,13)14/h10,12H,4-9H2,1-3H3. The number of ether oxygens (including phenoxy) is 1. The molecule has 96 valence electrons. The van der Waals surface area contributed by atoms with Gasteiger partial charge in [0.15, 0.2) is 0 Å². The SMILES string of the molecule is CNC(CCS(C)(=O)=O)C1(C)CCCCO1. The summed E-state index contributed by atoms with van der Waals surface area (Å²) >= 11 is 0. The minimum absolute atomic E-state index is 0.113. The number of hydrogen-bond donors (Lipinski definition) is 1. The Morgan fingerprint density at radius 3 is 2.56 bits per heavy atom. The van der Waals surface area contributed by atoms with Crippen LogP contribution >= 0.6 is 0 Å². The lowest BCUT2D eigenvalue weighted by Gasteiger charge is -2.40. The maximum absolute atomic E-state index is 11.2. The van der Waals surface area contributed by atoms with Crippen LogP contribution in [0.4, 0.5) is 0 Å². The Hall–Kier alpha value is -0.130. The molecule has 4 nitrogen and oxygen atoms in total. The highest BCUT2D eigenvalue weighted by Crippen LogP contribution is 2.29. The van der Waals surface area contributed by atoms with Crippen molar-refractivity contribution in [2.24, 2.45) is 0 Å². The first-order valence-electron chi connectivity index (χ1n) is 5.86. The molecule has 0 radical (unpaired) electrons. The molecule has 0 aromatic heterocycles. The van der Waals surface area contributed by atoms with E-state index in [0.29, 0.717) is 6.42 Å². The fourth-order valence-electron chi connectivity index (χ4n) is 2.32. The second-order valence-electron chi connectivity index (χ2n) is 4.88. The van der Waals surface area contributed by atoms with Crippen LogP contribution in [0.5, 0.6) is 0 Å². The molecule has 1 fully saturated rings. The van der Waals surface area contributed by atoms with Gasteiger partial charge in [-0.25, -0.2) is 8.42 Å². The van der Waals surface area contributed by atoms with Gasteiger partial charge in [-0.2, -0.15) is 0 Å². The van der Waals surface area contributed by atoms with E-state index in [9.17, 15) is 8.42 Å². The number of hydrogen-bond acceptors (Lipinski definition) is 4. The molecule has 1 rings (SSSR count). The van der Waals surface area contributed by atoms with E-state index in [1.165, 1.54) is 6.26 Å². The number of rotatable bonds is 5. The summed E-state index contributed by atoms with van der Waals surface area (Å²) in [6.07, 6.45) is 5.17. The van der Waals surface area contributed by atoms with Gasteiger partial charge < -0.3 is 10.1 Å². The van der Waals surface area contributed by atoms with Crippen molar-refractivity contribution in [3.8, 4) is 0 Å². The Balaban J connectivity index is 2.58. The average Bonchev–Trinajstić information content (AvgIpc) is 2.17. The molecule has 5 heteroatoms. The van der Waals surface area contributed by atoms with Crippen LogP contribution in [0.15, 0.2) is 0 Å². The van der Waals surface area contributed by atoms with Crippen molar-refractivity contribution in [2.45, 2.75) is 44.2 Å². The summed E-state index contributed by atoms with van der Waals surface area (Å²) in [4.78, 5) is 0. The van der Waals surface area contributed by atoms with Crippen molar-refractivity contribution in [3.63, 3.8) is 0 Å². The summed E-state index contributed by atoms with van der Waals surface area (Å²) in [7, 11) is -1.02. The van der Waals surface area contributed by atoms with Gasteiger partial charge in [-0.1, -0.05) is 0 Å². The van der Waals surface area contributed by atoms with Gasteiger partial charge >= 0.3 is 0 Å². The van der Waals surface area contributed by atoms with E-state index in [1.807, 2.05) is 7.05 Å². The minimum atomic E-state index is -2.89. The fourth-order valence-corrected chi connectivity index (χ4v) is 2.98. The van der Waals surface area contributed by atoms with E-state index in [0.717, 1.165) is 25.9 Å². The second-order valence-corrected chi connectivity index (χ2v) is 7.14. The zero-order valence-electron chi connectivity index (χ0n) is 10.5. The molecule has 0 aromatic rings. The van der Waals surface area contributed by atoms with Crippen molar-refractivity contribution < 1.29 is 13.2 Å². The number of sulfone groups is 1. The Bertz CT molecular complexity index is 307. The van der Waals surface area contributed by atoms with E-state index in [1.54, 1.807) is 0 Å². The highest BCUT2D eigenvalue weighted by atomic mass is 32.2. The second kappa shape index (κ2) is 5.47. The molecule has 0 amide bonds. The third kappa shape index (κ3) is 4.03. The Morgan fingerprint density at radius 2 is 2.12 bits per heavy atom. The summed E-state index contributed by atoms with van der Waals surface area (Å²) in [5.74, 6) is 0.220. The van der Waals surface area contributed by atoms with Crippen LogP contribution < -0.4 is 5.32 Å². The van der Waals surface area contributed by atoms with E-state index in [-0.39, 0.29) is 17.4 Å². The van der Waals surface area contributed by atoms with Crippen molar-refractivity contribution in [1.29, 1.82) is 0 Å². The molecule has 0 saturated carbocycles. The lowest BCUT2D eigenvalue weighted by atomic mass is 9.87. The van der Waals surface area contributed by atoms with E-state index >= 15 is 0 Å². The smallest absolute Gasteiger partial charge is 0.147 e. The van der Waals surface area contributed by atoms with Crippen molar-refractivity contribution >= 4 is 9.84 Å². The topological polar surface area (TPSA) is 55.4 Å². The molecule has 1 saturated heterocycles. The highest BCUT2D eigenvalue weighted by Gasteiger charge is 2.36. The molecule has 1 aliphatic heterocycles. The first-order chi connectivity index (χ1) is 7.37. The molecule has 0 spiro atoms.